The summed E-state index contributed by atoms with van der Waals surface area (Å²) in [6.45, 7) is 2.25. The molecule has 1 aliphatic heterocycles. The summed E-state index contributed by atoms with van der Waals surface area (Å²) < 4.78 is 4.95. The lowest BCUT2D eigenvalue weighted by Gasteiger charge is -2.24. The van der Waals surface area contributed by atoms with Gasteiger partial charge in [0.2, 0.25) is 0 Å². The number of hydrogen-bond acceptors (Lipinski definition) is 5. The second-order valence-electron chi connectivity index (χ2n) is 2.95. The summed E-state index contributed by atoms with van der Waals surface area (Å²) in [5, 5.41) is 3.52. The Labute approximate surface area is 82.2 Å². The molecule has 1 atom stereocenters. The maximum Gasteiger partial charge on any atom is 0.191 e. The molecule has 0 bridgehead atoms. The summed E-state index contributed by atoms with van der Waals surface area (Å²) in [7, 11) is 1.63. The lowest BCUT2D eigenvalue weighted by Crippen LogP contribution is -2.43. The Bertz CT molecular complexity index is 259. The molecule has 2 N–H and O–H groups in total. The zero-order valence-electron chi connectivity index (χ0n) is 8.13. The Kier molecular flexibility index (Phi) is 4.03. The fraction of sp³-hybridized carbons (Fsp3) is 0.857. The highest BCUT2D eigenvalue weighted by molar-refractivity contribution is 5.80. The number of azide groups is 1. The SMILES string of the molecule is COCCN1C(N)=NCC1CN=[N+]=[N-]. The molecule has 7 heteroatoms. The number of methoxy groups -OCH3 is 1. The minimum Gasteiger partial charge on any atom is -0.383 e. The van der Waals surface area contributed by atoms with Crippen LogP contribution in [0.4, 0.5) is 0 Å². The highest BCUT2D eigenvalue weighted by atomic mass is 16.5. The minimum atomic E-state index is 0.0843. The van der Waals surface area contributed by atoms with Crippen LogP contribution in [0, 0.1) is 0 Å². The predicted octanol–water partition coefficient (Wildman–Crippen LogP) is -0.0580. The molecule has 1 heterocycles. The van der Waals surface area contributed by atoms with Crippen LogP contribution in [0.15, 0.2) is 10.1 Å². The van der Waals surface area contributed by atoms with Crippen molar-refractivity contribution < 1.29 is 4.74 Å². The van der Waals surface area contributed by atoms with Gasteiger partial charge in [0.1, 0.15) is 0 Å². The van der Waals surface area contributed by atoms with Crippen molar-refractivity contribution in [2.45, 2.75) is 6.04 Å². The van der Waals surface area contributed by atoms with Crippen molar-refractivity contribution in [2.75, 3.05) is 33.4 Å². The smallest absolute Gasteiger partial charge is 0.191 e. The number of guanidine groups is 1. The van der Waals surface area contributed by atoms with Gasteiger partial charge in [0.15, 0.2) is 5.96 Å². The standard InChI is InChI=1S/C7H14N6O/c1-14-3-2-13-6(5-11-12-9)4-10-7(13)8/h6H,2-5H2,1H3,(H2,8,10). The molecule has 0 saturated heterocycles. The van der Waals surface area contributed by atoms with E-state index in [2.05, 4.69) is 15.0 Å². The van der Waals surface area contributed by atoms with E-state index in [-0.39, 0.29) is 6.04 Å². The fourth-order valence-electron chi connectivity index (χ4n) is 1.35. The highest BCUT2D eigenvalue weighted by Gasteiger charge is 2.24. The fourth-order valence-corrected chi connectivity index (χ4v) is 1.35. The summed E-state index contributed by atoms with van der Waals surface area (Å²) in [5.74, 6) is 0.500. The van der Waals surface area contributed by atoms with Gasteiger partial charge in [-0.3, -0.25) is 4.99 Å². The number of ether oxygens (including phenoxy) is 1. The average molecular weight is 198 g/mol. The lowest BCUT2D eigenvalue weighted by molar-refractivity contribution is 0.167. The van der Waals surface area contributed by atoms with Crippen molar-refractivity contribution in [2.24, 2.45) is 15.8 Å². The topological polar surface area (TPSA) is 99.6 Å². The Morgan fingerprint density at radius 2 is 2.64 bits per heavy atom. The van der Waals surface area contributed by atoms with E-state index in [1.807, 2.05) is 4.90 Å². The van der Waals surface area contributed by atoms with Crippen molar-refractivity contribution >= 4 is 5.96 Å². The van der Waals surface area contributed by atoms with Crippen molar-refractivity contribution in [1.82, 2.24) is 4.90 Å². The molecular formula is C7H14N6O. The third kappa shape index (κ3) is 2.51. The molecule has 0 saturated carbocycles. The third-order valence-electron chi connectivity index (χ3n) is 2.09. The van der Waals surface area contributed by atoms with Crippen LogP contribution in [0.1, 0.15) is 0 Å². The zero-order valence-corrected chi connectivity index (χ0v) is 8.13. The van der Waals surface area contributed by atoms with Crippen LogP contribution in [-0.4, -0.2) is 50.3 Å². The molecule has 0 spiro atoms. The first kappa shape index (κ1) is 10.6. The molecule has 1 unspecified atom stereocenters. The van der Waals surface area contributed by atoms with Crippen LogP contribution < -0.4 is 5.73 Å². The van der Waals surface area contributed by atoms with Gasteiger partial charge >= 0.3 is 0 Å². The molecule has 0 amide bonds. The van der Waals surface area contributed by atoms with Crippen LogP contribution in [-0.2, 0) is 4.74 Å². The van der Waals surface area contributed by atoms with Crippen LogP contribution in [0.3, 0.4) is 0 Å². The molecule has 0 aromatic rings. The van der Waals surface area contributed by atoms with E-state index < -0.39 is 0 Å². The monoisotopic (exact) mass is 198 g/mol. The Morgan fingerprint density at radius 1 is 1.86 bits per heavy atom. The van der Waals surface area contributed by atoms with Gasteiger partial charge in [0, 0.05) is 25.1 Å². The second-order valence-corrected chi connectivity index (χ2v) is 2.95. The van der Waals surface area contributed by atoms with Gasteiger partial charge in [-0.2, -0.15) is 0 Å². The molecule has 0 fully saturated rings. The van der Waals surface area contributed by atoms with Gasteiger partial charge in [0.05, 0.1) is 19.2 Å². The largest absolute Gasteiger partial charge is 0.383 e. The van der Waals surface area contributed by atoms with E-state index in [9.17, 15) is 0 Å². The lowest BCUT2D eigenvalue weighted by atomic mass is 10.3. The Morgan fingerprint density at radius 3 is 3.29 bits per heavy atom. The van der Waals surface area contributed by atoms with Crippen LogP contribution in [0.5, 0.6) is 0 Å². The van der Waals surface area contributed by atoms with Crippen molar-refractivity contribution in [3.05, 3.63) is 10.4 Å². The number of rotatable bonds is 5. The highest BCUT2D eigenvalue weighted by Crippen LogP contribution is 2.08. The first-order valence-electron chi connectivity index (χ1n) is 4.36. The molecule has 7 nitrogen and oxygen atoms in total. The molecule has 78 valence electrons. The van der Waals surface area contributed by atoms with Gasteiger partial charge in [-0.05, 0) is 5.53 Å². The molecule has 0 radical (unpaired) electrons. The Balaban J connectivity index is 2.47. The third-order valence-corrected chi connectivity index (χ3v) is 2.09. The van der Waals surface area contributed by atoms with Crippen LogP contribution in [0.25, 0.3) is 10.4 Å². The van der Waals surface area contributed by atoms with Crippen LogP contribution >= 0.6 is 0 Å². The van der Waals surface area contributed by atoms with Gasteiger partial charge in [-0.25, -0.2) is 0 Å². The molecular weight excluding hydrogens is 184 g/mol. The number of nitrogens with zero attached hydrogens (tertiary/aromatic N) is 5. The van der Waals surface area contributed by atoms with Crippen molar-refractivity contribution in [1.29, 1.82) is 0 Å². The van der Waals surface area contributed by atoms with E-state index in [1.54, 1.807) is 7.11 Å². The van der Waals surface area contributed by atoms with Crippen LogP contribution in [0.2, 0.25) is 0 Å². The van der Waals surface area contributed by atoms with Gasteiger partial charge in [-0.15, -0.1) is 0 Å². The molecule has 0 aromatic heterocycles. The zero-order chi connectivity index (χ0) is 10.4. The maximum atomic E-state index is 8.20. The molecule has 0 aliphatic carbocycles. The summed E-state index contributed by atoms with van der Waals surface area (Å²) in [5.41, 5.74) is 13.9. The summed E-state index contributed by atoms with van der Waals surface area (Å²) >= 11 is 0. The number of nitrogens with two attached hydrogens (primary N) is 1. The maximum absolute atomic E-state index is 8.20. The summed E-state index contributed by atoms with van der Waals surface area (Å²) in [6.07, 6.45) is 0. The van der Waals surface area contributed by atoms with Gasteiger partial charge in [-0.1, -0.05) is 5.11 Å². The van der Waals surface area contributed by atoms with Gasteiger partial charge < -0.3 is 15.4 Å². The number of hydrogen-bond donors (Lipinski definition) is 1. The van der Waals surface area contributed by atoms with E-state index in [0.717, 1.165) is 0 Å². The average Bonchev–Trinajstić information content (AvgIpc) is 2.53. The molecule has 1 aliphatic rings. The first-order chi connectivity index (χ1) is 6.79. The van der Waals surface area contributed by atoms with E-state index in [1.165, 1.54) is 0 Å². The van der Waals surface area contributed by atoms with Gasteiger partial charge in [0.25, 0.3) is 0 Å². The Hall–Kier alpha value is -1.46. The van der Waals surface area contributed by atoms with E-state index >= 15 is 0 Å². The molecule has 1 rings (SSSR count). The van der Waals surface area contributed by atoms with E-state index in [0.29, 0.717) is 32.2 Å². The predicted molar refractivity (Wildman–Crippen MR) is 52.9 cm³/mol. The second kappa shape index (κ2) is 5.31. The molecule has 14 heavy (non-hydrogen) atoms. The van der Waals surface area contributed by atoms with Crippen molar-refractivity contribution in [3.63, 3.8) is 0 Å². The normalized spacial score (nSPS) is 20.5. The quantitative estimate of drug-likeness (QED) is 0.380. The number of aliphatic imine (C=N–C) groups is 1. The summed E-state index contributed by atoms with van der Waals surface area (Å²) in [4.78, 5) is 8.70. The first-order valence-corrected chi connectivity index (χ1v) is 4.36. The summed E-state index contributed by atoms with van der Waals surface area (Å²) in [6, 6.07) is 0.0843. The molecule has 0 aromatic carbocycles. The minimum absolute atomic E-state index is 0.0843. The van der Waals surface area contributed by atoms with E-state index in [4.69, 9.17) is 16.0 Å². The van der Waals surface area contributed by atoms with Crippen molar-refractivity contribution in [3.8, 4) is 0 Å².